The Morgan fingerprint density at radius 1 is 1.18 bits per heavy atom. The van der Waals surface area contributed by atoms with Crippen molar-refractivity contribution < 1.29 is 14.6 Å². The van der Waals surface area contributed by atoms with Crippen LogP contribution in [0.5, 0.6) is 0 Å². The van der Waals surface area contributed by atoms with Gasteiger partial charge < -0.3 is 9.84 Å². The lowest BCUT2D eigenvalue weighted by atomic mass is 9.98. The largest absolute Gasteiger partial charge is 0.478 e. The Labute approximate surface area is 101 Å². The van der Waals surface area contributed by atoms with E-state index in [-0.39, 0.29) is 0 Å². The monoisotopic (exact) mass is 234 g/mol. The number of carboxylic acids is 1. The molecule has 0 saturated heterocycles. The van der Waals surface area contributed by atoms with Gasteiger partial charge in [-0.3, -0.25) is 0 Å². The van der Waals surface area contributed by atoms with Crippen molar-refractivity contribution in [2.45, 2.75) is 44.8 Å². The van der Waals surface area contributed by atoms with Crippen LogP contribution < -0.4 is 0 Å². The molecule has 92 valence electrons. The Bertz CT molecular complexity index is 364. The second kappa shape index (κ2) is 5.82. The van der Waals surface area contributed by atoms with E-state index < -0.39 is 5.97 Å². The van der Waals surface area contributed by atoms with Gasteiger partial charge in [-0.25, -0.2) is 4.79 Å². The number of hydrogen-bond donors (Lipinski definition) is 1. The number of carboxylic acid groups (broad SMARTS) is 1. The first-order valence-electron chi connectivity index (χ1n) is 6.19. The predicted molar refractivity (Wildman–Crippen MR) is 65.1 cm³/mol. The summed E-state index contributed by atoms with van der Waals surface area (Å²) >= 11 is 0. The lowest BCUT2D eigenvalue weighted by Gasteiger charge is -2.21. The summed E-state index contributed by atoms with van der Waals surface area (Å²) in [4.78, 5) is 10.7. The zero-order valence-corrected chi connectivity index (χ0v) is 9.89. The van der Waals surface area contributed by atoms with Crippen molar-refractivity contribution in [3.05, 3.63) is 35.4 Å². The minimum atomic E-state index is -0.884. The molecule has 0 bridgehead atoms. The maximum absolute atomic E-state index is 10.7. The van der Waals surface area contributed by atoms with Crippen LogP contribution in [0.3, 0.4) is 0 Å². The molecule has 0 heterocycles. The molecule has 1 aliphatic rings. The molecule has 1 N–H and O–H groups in total. The quantitative estimate of drug-likeness (QED) is 0.870. The van der Waals surface area contributed by atoms with E-state index in [0.717, 1.165) is 18.4 Å². The highest BCUT2D eigenvalue weighted by Crippen LogP contribution is 2.21. The topological polar surface area (TPSA) is 46.5 Å². The third kappa shape index (κ3) is 3.56. The maximum Gasteiger partial charge on any atom is 0.335 e. The molecule has 0 unspecified atom stereocenters. The second-order valence-corrected chi connectivity index (χ2v) is 4.57. The minimum absolute atomic E-state index is 0.325. The van der Waals surface area contributed by atoms with Gasteiger partial charge >= 0.3 is 5.97 Å². The molecule has 0 aliphatic heterocycles. The summed E-state index contributed by atoms with van der Waals surface area (Å²) in [7, 11) is 0. The summed E-state index contributed by atoms with van der Waals surface area (Å²) in [6.45, 7) is 0.588. The summed E-state index contributed by atoms with van der Waals surface area (Å²) in [6, 6.07) is 6.91. The number of hydrogen-bond acceptors (Lipinski definition) is 2. The molecule has 3 heteroatoms. The SMILES string of the molecule is O=C(O)c1ccc(COC2CCCCC2)cc1. The molecule has 0 aromatic heterocycles. The van der Waals surface area contributed by atoms with Crippen molar-refractivity contribution in [2.75, 3.05) is 0 Å². The van der Waals surface area contributed by atoms with Crippen LogP contribution in [0.1, 0.15) is 48.0 Å². The molecular formula is C14H18O3. The van der Waals surface area contributed by atoms with Crippen LogP contribution in [0.2, 0.25) is 0 Å². The molecule has 1 aromatic rings. The van der Waals surface area contributed by atoms with Gasteiger partial charge in [0.05, 0.1) is 18.3 Å². The van der Waals surface area contributed by atoms with Gasteiger partial charge in [-0.05, 0) is 30.5 Å². The third-order valence-corrected chi connectivity index (χ3v) is 3.24. The van der Waals surface area contributed by atoms with Gasteiger partial charge in [-0.1, -0.05) is 31.4 Å². The summed E-state index contributed by atoms with van der Waals surface area (Å²) < 4.78 is 5.82. The number of ether oxygens (including phenoxy) is 1. The van der Waals surface area contributed by atoms with Crippen molar-refractivity contribution in [1.29, 1.82) is 0 Å². The van der Waals surface area contributed by atoms with Crippen molar-refractivity contribution in [3.8, 4) is 0 Å². The van der Waals surface area contributed by atoms with Crippen molar-refractivity contribution in [1.82, 2.24) is 0 Å². The molecule has 0 radical (unpaired) electrons. The van der Waals surface area contributed by atoms with Crippen LogP contribution in [-0.2, 0) is 11.3 Å². The third-order valence-electron chi connectivity index (χ3n) is 3.24. The van der Waals surface area contributed by atoms with Crippen LogP contribution in [0.4, 0.5) is 0 Å². The average molecular weight is 234 g/mol. The summed E-state index contributed by atoms with van der Waals surface area (Å²) in [6.07, 6.45) is 6.57. The molecule has 0 spiro atoms. The van der Waals surface area contributed by atoms with Crippen molar-refractivity contribution >= 4 is 5.97 Å². The first-order chi connectivity index (χ1) is 8.25. The number of carbonyl (C=O) groups is 1. The first-order valence-corrected chi connectivity index (χ1v) is 6.19. The standard InChI is InChI=1S/C14H18O3/c15-14(16)12-8-6-11(7-9-12)10-17-13-4-2-1-3-5-13/h6-9,13H,1-5,10H2,(H,15,16). The van der Waals surface area contributed by atoms with Crippen LogP contribution in [0.25, 0.3) is 0 Å². The number of benzene rings is 1. The smallest absolute Gasteiger partial charge is 0.335 e. The van der Waals surface area contributed by atoms with Gasteiger partial charge in [-0.2, -0.15) is 0 Å². The summed E-state index contributed by atoms with van der Waals surface area (Å²) in [5, 5.41) is 8.78. The Morgan fingerprint density at radius 3 is 2.41 bits per heavy atom. The van der Waals surface area contributed by atoms with Crippen LogP contribution in [-0.4, -0.2) is 17.2 Å². The van der Waals surface area contributed by atoms with Crippen molar-refractivity contribution in [2.24, 2.45) is 0 Å². The van der Waals surface area contributed by atoms with E-state index in [4.69, 9.17) is 9.84 Å². The zero-order chi connectivity index (χ0) is 12.1. The Morgan fingerprint density at radius 2 is 1.82 bits per heavy atom. The van der Waals surface area contributed by atoms with Gasteiger partial charge in [0.2, 0.25) is 0 Å². The normalized spacial score (nSPS) is 16.9. The van der Waals surface area contributed by atoms with Crippen LogP contribution in [0.15, 0.2) is 24.3 Å². The van der Waals surface area contributed by atoms with E-state index in [1.807, 2.05) is 12.1 Å². The molecule has 2 rings (SSSR count). The van der Waals surface area contributed by atoms with Gasteiger partial charge in [0.1, 0.15) is 0 Å². The lowest BCUT2D eigenvalue weighted by molar-refractivity contribution is 0.0168. The summed E-state index contributed by atoms with van der Waals surface area (Å²) in [5.41, 5.74) is 1.37. The molecular weight excluding hydrogens is 216 g/mol. The van der Waals surface area contributed by atoms with Gasteiger partial charge in [0.25, 0.3) is 0 Å². The predicted octanol–water partition coefficient (Wildman–Crippen LogP) is 3.23. The van der Waals surface area contributed by atoms with E-state index in [0.29, 0.717) is 18.3 Å². The lowest BCUT2D eigenvalue weighted by Crippen LogP contribution is -2.16. The fourth-order valence-electron chi connectivity index (χ4n) is 2.19. The fraction of sp³-hybridized carbons (Fsp3) is 0.500. The van der Waals surface area contributed by atoms with E-state index in [9.17, 15) is 4.79 Å². The molecule has 17 heavy (non-hydrogen) atoms. The first kappa shape index (κ1) is 12.1. The van der Waals surface area contributed by atoms with E-state index in [1.54, 1.807) is 12.1 Å². The van der Waals surface area contributed by atoms with Crippen molar-refractivity contribution in [3.63, 3.8) is 0 Å². The van der Waals surface area contributed by atoms with Crippen LogP contribution >= 0.6 is 0 Å². The molecule has 3 nitrogen and oxygen atoms in total. The van der Waals surface area contributed by atoms with Gasteiger partial charge in [0, 0.05) is 0 Å². The molecule has 1 saturated carbocycles. The highest BCUT2D eigenvalue weighted by Gasteiger charge is 2.13. The van der Waals surface area contributed by atoms with Gasteiger partial charge in [-0.15, -0.1) is 0 Å². The average Bonchev–Trinajstić information content (AvgIpc) is 2.38. The molecule has 0 atom stereocenters. The Kier molecular flexibility index (Phi) is 4.15. The Balaban J connectivity index is 1.84. The zero-order valence-electron chi connectivity index (χ0n) is 9.89. The number of rotatable bonds is 4. The van der Waals surface area contributed by atoms with E-state index in [2.05, 4.69) is 0 Å². The van der Waals surface area contributed by atoms with Crippen LogP contribution in [0, 0.1) is 0 Å². The van der Waals surface area contributed by atoms with E-state index in [1.165, 1.54) is 19.3 Å². The fourth-order valence-corrected chi connectivity index (χ4v) is 2.19. The minimum Gasteiger partial charge on any atom is -0.478 e. The molecule has 1 aliphatic carbocycles. The maximum atomic E-state index is 10.7. The highest BCUT2D eigenvalue weighted by atomic mass is 16.5. The Hall–Kier alpha value is -1.35. The number of aromatic carboxylic acids is 1. The molecule has 1 fully saturated rings. The van der Waals surface area contributed by atoms with Gasteiger partial charge in [0.15, 0.2) is 0 Å². The molecule has 0 amide bonds. The highest BCUT2D eigenvalue weighted by molar-refractivity contribution is 5.87. The van der Waals surface area contributed by atoms with E-state index >= 15 is 0 Å². The second-order valence-electron chi connectivity index (χ2n) is 4.57. The summed E-state index contributed by atoms with van der Waals surface area (Å²) in [5.74, 6) is -0.884. The molecule has 1 aromatic carbocycles.